The van der Waals surface area contributed by atoms with Crippen LogP contribution in [-0.2, 0) is 12.4 Å². The Bertz CT molecular complexity index is 5900. The van der Waals surface area contributed by atoms with Crippen LogP contribution in [0, 0.1) is 13.8 Å². The molecule has 15 rings (SSSR count). The molecule has 0 amide bonds. The monoisotopic (exact) mass is 1560 g/mol. The van der Waals surface area contributed by atoms with Gasteiger partial charge in [-0.05, 0) is 135 Å². The van der Waals surface area contributed by atoms with Crippen molar-refractivity contribution in [3.8, 4) is 0 Å². The van der Waals surface area contributed by atoms with Gasteiger partial charge in [0.2, 0.25) is 0 Å². The second kappa shape index (κ2) is 37.8. The van der Waals surface area contributed by atoms with E-state index in [4.69, 9.17) is 22.1 Å². The van der Waals surface area contributed by atoms with E-state index in [9.17, 15) is 74.3 Å². The zero-order valence-electron chi connectivity index (χ0n) is 61.6. The molecule has 0 fully saturated rings. The smallest absolute Gasteiger partial charge is 0.417 e. The van der Waals surface area contributed by atoms with Crippen LogP contribution >= 0.6 is 0 Å². The van der Waals surface area contributed by atoms with Gasteiger partial charge in [-0.25, -0.2) is 15.0 Å². The van der Waals surface area contributed by atoms with Gasteiger partial charge in [0.1, 0.15) is 27.7 Å². The summed E-state index contributed by atoms with van der Waals surface area (Å²) in [5.74, 6) is -2.00. The Morgan fingerprint density at radius 3 is 0.930 bits per heavy atom. The Hall–Kier alpha value is -14.0. The number of halogens is 6. The lowest BCUT2D eigenvalue weighted by Gasteiger charge is -2.11. The van der Waals surface area contributed by atoms with Crippen LogP contribution in [0.25, 0.3) is 55.2 Å². The Morgan fingerprint density at radius 1 is 0.270 bits per heavy atom. The number of alkyl halides is 6. The van der Waals surface area contributed by atoms with Crippen molar-refractivity contribution < 1.29 is 96.4 Å². The molecule has 0 bridgehead atoms. The Labute approximate surface area is 651 Å². The molecule has 5 heterocycles. The summed E-state index contributed by atoms with van der Waals surface area (Å²) in [6.45, 7) is 3.95. The molecule has 0 atom stereocenters. The number of fused-ring (bicyclic) bond motifs is 5. The molecule has 0 aliphatic carbocycles. The molecule has 580 valence electrons. The summed E-state index contributed by atoms with van der Waals surface area (Å²) in [4.78, 5) is 133. The van der Waals surface area contributed by atoms with Crippen LogP contribution < -0.4 is 0 Å². The summed E-state index contributed by atoms with van der Waals surface area (Å²) in [6.07, 6.45) is -1.55. The lowest BCUT2D eigenvalue weighted by Crippen LogP contribution is -2.14. The third-order valence-electron chi connectivity index (χ3n) is 18.3. The molecular formula is C91H69F6N3O15. The quantitative estimate of drug-likeness (QED) is 0.0380. The highest BCUT2D eigenvalue weighted by Gasteiger charge is 2.35. The Balaban J connectivity index is 0.000000142. The average molecular weight is 1560 g/mol. The number of Topliss-reactive ketones (excluding diaryl/α,β-unsaturated/α-hetero) is 10. The van der Waals surface area contributed by atoms with E-state index >= 15 is 0 Å². The predicted octanol–water partition coefficient (Wildman–Crippen LogP) is 22.2. The number of aryl methyl sites for hydroxylation is 2. The van der Waals surface area contributed by atoms with Crippen molar-refractivity contribution in [2.75, 3.05) is 0 Å². The molecule has 0 radical (unpaired) electrons. The first-order chi connectivity index (χ1) is 55.2. The molecule has 5 aromatic heterocycles. The van der Waals surface area contributed by atoms with Crippen molar-refractivity contribution in [2.24, 2.45) is 0 Å². The fraction of sp³-hybridized carbons (Fsp3) is 0.154. The summed E-state index contributed by atoms with van der Waals surface area (Å²) >= 11 is 0. The lowest BCUT2D eigenvalue weighted by atomic mass is 9.97. The number of hydrogen-bond donors (Lipinski definition) is 0. The van der Waals surface area contributed by atoms with Gasteiger partial charge in [-0.3, -0.25) is 47.9 Å². The zero-order valence-corrected chi connectivity index (χ0v) is 61.6. The molecule has 0 spiro atoms. The predicted molar refractivity (Wildman–Crippen MR) is 416 cm³/mol. The number of furan rings is 2. The minimum atomic E-state index is -4.62. The van der Waals surface area contributed by atoms with Crippen molar-refractivity contribution in [2.45, 2.75) is 90.4 Å². The number of benzene rings is 10. The highest BCUT2D eigenvalue weighted by atomic mass is 19.4. The molecule has 10 aromatic carbocycles. The van der Waals surface area contributed by atoms with Gasteiger partial charge in [0.15, 0.2) is 93.8 Å². The van der Waals surface area contributed by atoms with Crippen molar-refractivity contribution in [3.05, 3.63) is 340 Å². The SMILES string of the molecule is Cc1ccc(C(=O)CCC(=O)c2ccc3occc3c2)cc1.Cc1ccc(C(=O)CCC(=O)c2ccc3ocnc3c2)cc1.O=C(CCC(=O)c1ccc2occc2c1)c1ccccc1.O=C(CCC(=O)c1ccc2ocnc2c1)c1cccc(C(F)(F)F)c1.O=C(CCC(=O)c1ccccc1C(F)(F)F)c1ccc2ocnc2c1. The number of carbonyl (C=O) groups excluding carboxylic acids is 10. The normalized spacial score (nSPS) is 11.1. The maximum Gasteiger partial charge on any atom is 0.417 e. The van der Waals surface area contributed by atoms with Gasteiger partial charge in [0.05, 0.1) is 23.7 Å². The molecule has 0 saturated heterocycles. The van der Waals surface area contributed by atoms with Gasteiger partial charge < -0.3 is 22.1 Å². The van der Waals surface area contributed by atoms with Gasteiger partial charge in [-0.1, -0.05) is 120 Å². The highest BCUT2D eigenvalue weighted by molar-refractivity contribution is 6.08. The standard InChI is InChI=1S/C19H16O3.2C18H12F3NO3.C18H15NO3.C18H14O3/c1-13-2-4-14(5-3-13)17(20)7-8-18(21)15-6-9-19-16(12-15)10-11-22-19;19-18(20,21)13-3-1-2-11(8-13)15(23)5-6-16(24)12-4-7-17-14(9-12)22-10-25-17;19-18(20,21)13-4-2-1-3-12(13)16(24)7-6-15(23)11-5-8-17-14(9-11)22-10-25-17;1-12-2-4-13(5-3-12)16(20)7-8-17(21)14-6-9-18-15(10-14)19-11-22-18;19-16(13-4-2-1-3-5-13)7-8-17(20)14-6-9-18-15(12-14)10-11-21-18/h2-6,9-12H,7-8H2,1H3;1-4,7-10H,5-6H2;1-5,8-10H,6-7H2;2-6,9-11H,7-8H2,1H3;1-6,9-12H,7-8H2. The molecule has 0 N–H and O–H groups in total. The van der Waals surface area contributed by atoms with Crippen LogP contribution in [0.2, 0.25) is 0 Å². The molecule has 0 saturated carbocycles. The molecule has 0 unspecified atom stereocenters. The van der Waals surface area contributed by atoms with E-state index in [1.54, 1.807) is 128 Å². The number of nitrogens with zero attached hydrogens (tertiary/aromatic N) is 3. The number of ketones is 10. The summed E-state index contributed by atoms with van der Waals surface area (Å²) in [7, 11) is 0. The van der Waals surface area contributed by atoms with Crippen molar-refractivity contribution in [1.29, 1.82) is 0 Å². The minimum absolute atomic E-state index is 0.00209. The third kappa shape index (κ3) is 22.4. The van der Waals surface area contributed by atoms with E-state index in [0.717, 1.165) is 57.3 Å². The molecule has 18 nitrogen and oxygen atoms in total. The molecule has 0 aliphatic heterocycles. The van der Waals surface area contributed by atoms with Gasteiger partial charge >= 0.3 is 12.4 Å². The number of rotatable bonds is 25. The first-order valence-corrected chi connectivity index (χ1v) is 36.0. The van der Waals surface area contributed by atoms with Crippen LogP contribution in [0.1, 0.15) is 190 Å². The number of aromatic nitrogens is 3. The zero-order chi connectivity index (χ0) is 81.8. The summed E-state index contributed by atoms with van der Waals surface area (Å²) in [5, 5.41) is 1.80. The second-order valence-electron chi connectivity index (χ2n) is 26.4. The van der Waals surface area contributed by atoms with E-state index in [0.29, 0.717) is 77.8 Å². The topological polar surface area (TPSA) is 275 Å². The number of oxazole rings is 3. The highest BCUT2D eigenvalue weighted by Crippen LogP contribution is 2.34. The molecule has 15 aromatic rings. The van der Waals surface area contributed by atoms with Crippen LogP contribution in [0.15, 0.2) is 284 Å². The summed E-state index contributed by atoms with van der Waals surface area (Å²) < 4.78 is 103. The third-order valence-corrected chi connectivity index (χ3v) is 18.3. The van der Waals surface area contributed by atoms with Crippen LogP contribution in [0.5, 0.6) is 0 Å². The molecule has 115 heavy (non-hydrogen) atoms. The molecule has 0 aliphatic rings. The fourth-order valence-electron chi connectivity index (χ4n) is 11.9. The van der Waals surface area contributed by atoms with E-state index in [2.05, 4.69) is 15.0 Å². The Kier molecular flexibility index (Phi) is 26.9. The van der Waals surface area contributed by atoms with Crippen molar-refractivity contribution in [3.63, 3.8) is 0 Å². The number of carbonyl (C=O) groups is 10. The molecular weight excluding hydrogens is 1490 g/mol. The maximum absolute atomic E-state index is 13.0. The van der Waals surface area contributed by atoms with Gasteiger partial charge in [0.25, 0.3) is 0 Å². The van der Waals surface area contributed by atoms with Crippen molar-refractivity contribution >= 4 is 113 Å². The lowest BCUT2D eigenvalue weighted by molar-refractivity contribution is -0.138. The van der Waals surface area contributed by atoms with Crippen LogP contribution in [-0.4, -0.2) is 72.8 Å². The van der Waals surface area contributed by atoms with E-state index in [-0.39, 0.29) is 116 Å². The summed E-state index contributed by atoms with van der Waals surface area (Å²) in [6, 6.07) is 61.3. The average Bonchev–Trinajstić information content (AvgIpc) is 1.79. The fourth-order valence-corrected chi connectivity index (χ4v) is 11.9. The van der Waals surface area contributed by atoms with Gasteiger partial charge in [-0.15, -0.1) is 0 Å². The van der Waals surface area contributed by atoms with Crippen molar-refractivity contribution in [1.82, 2.24) is 15.0 Å². The number of hydrogen-bond acceptors (Lipinski definition) is 18. The first kappa shape index (κ1) is 81.9. The van der Waals surface area contributed by atoms with E-state index in [1.807, 2.05) is 68.4 Å². The maximum atomic E-state index is 13.0. The van der Waals surface area contributed by atoms with Gasteiger partial charge in [-0.2, -0.15) is 26.3 Å². The van der Waals surface area contributed by atoms with Crippen LogP contribution in [0.4, 0.5) is 26.3 Å². The largest absolute Gasteiger partial charge is 0.464 e. The summed E-state index contributed by atoms with van der Waals surface area (Å²) in [5.41, 5.74) is 9.19. The molecule has 24 heteroatoms. The van der Waals surface area contributed by atoms with Crippen LogP contribution in [0.3, 0.4) is 0 Å². The minimum Gasteiger partial charge on any atom is -0.464 e. The second-order valence-corrected chi connectivity index (χ2v) is 26.4. The van der Waals surface area contributed by atoms with E-state index in [1.165, 1.54) is 55.6 Å². The Morgan fingerprint density at radius 2 is 0.565 bits per heavy atom. The van der Waals surface area contributed by atoms with Gasteiger partial charge in [0, 0.05) is 131 Å². The van der Waals surface area contributed by atoms with E-state index < -0.39 is 40.6 Å². The first-order valence-electron chi connectivity index (χ1n) is 36.0.